The van der Waals surface area contributed by atoms with E-state index in [4.69, 9.17) is 4.74 Å². The lowest BCUT2D eigenvalue weighted by Gasteiger charge is -2.09. The van der Waals surface area contributed by atoms with E-state index in [0.717, 1.165) is 16.9 Å². The Balaban J connectivity index is 1.78. The van der Waals surface area contributed by atoms with E-state index in [-0.39, 0.29) is 5.82 Å². The molecule has 0 unspecified atom stereocenters. The predicted molar refractivity (Wildman–Crippen MR) is 89.9 cm³/mol. The third kappa shape index (κ3) is 3.57. The fourth-order valence-corrected chi connectivity index (χ4v) is 2.38. The van der Waals surface area contributed by atoms with E-state index >= 15 is 0 Å². The van der Waals surface area contributed by atoms with Crippen molar-refractivity contribution >= 4 is 0 Å². The van der Waals surface area contributed by atoms with Gasteiger partial charge in [0.05, 0.1) is 0 Å². The van der Waals surface area contributed by atoms with Crippen molar-refractivity contribution in [1.82, 2.24) is 4.98 Å². The zero-order valence-corrected chi connectivity index (χ0v) is 13.2. The average Bonchev–Trinajstić information content (AvgIpc) is 2.57. The molecule has 0 N–H and O–H groups in total. The van der Waals surface area contributed by atoms with Crippen LogP contribution in [0.15, 0.2) is 60.9 Å². The summed E-state index contributed by atoms with van der Waals surface area (Å²) in [6, 6.07) is 14.6. The Morgan fingerprint density at radius 3 is 2.57 bits per heavy atom. The van der Waals surface area contributed by atoms with Crippen LogP contribution in [0.25, 0.3) is 11.1 Å². The zero-order valence-electron chi connectivity index (χ0n) is 13.2. The first-order chi connectivity index (χ1) is 11.1. The molecule has 0 radical (unpaired) electrons. The number of ether oxygens (including phenoxy) is 1. The molecule has 0 aliphatic heterocycles. The molecule has 0 bridgehead atoms. The van der Waals surface area contributed by atoms with Gasteiger partial charge in [0.15, 0.2) is 0 Å². The van der Waals surface area contributed by atoms with E-state index in [9.17, 15) is 4.39 Å². The number of aryl methyl sites for hydroxylation is 2. The highest BCUT2D eigenvalue weighted by Gasteiger charge is 2.06. The maximum Gasteiger partial charge on any atom is 0.131 e. The number of hydrogen-bond donors (Lipinski definition) is 0. The van der Waals surface area contributed by atoms with Crippen molar-refractivity contribution in [3.05, 3.63) is 83.4 Å². The van der Waals surface area contributed by atoms with Crippen molar-refractivity contribution in [3.8, 4) is 16.9 Å². The second kappa shape index (κ2) is 6.61. The summed E-state index contributed by atoms with van der Waals surface area (Å²) in [4.78, 5) is 4.20. The standard InChI is InChI=1S/C20H18FNO/c1-14-7-8-18(9-15(14)2)23-13-16-10-17(12-22-11-16)19-5-3-4-6-20(19)21/h3-12H,13H2,1-2H3. The zero-order chi connectivity index (χ0) is 16.2. The topological polar surface area (TPSA) is 22.1 Å². The second-order valence-electron chi connectivity index (χ2n) is 5.60. The molecule has 2 nitrogen and oxygen atoms in total. The van der Waals surface area contributed by atoms with Crippen LogP contribution in [0.3, 0.4) is 0 Å². The molecule has 0 saturated heterocycles. The van der Waals surface area contributed by atoms with Gasteiger partial charge in [-0.25, -0.2) is 4.39 Å². The summed E-state index contributed by atoms with van der Waals surface area (Å²) in [5.41, 5.74) is 4.64. The van der Waals surface area contributed by atoms with Crippen LogP contribution in [-0.2, 0) is 6.61 Å². The summed E-state index contributed by atoms with van der Waals surface area (Å²) < 4.78 is 19.7. The number of hydrogen-bond acceptors (Lipinski definition) is 2. The van der Waals surface area contributed by atoms with Gasteiger partial charge in [0.2, 0.25) is 0 Å². The van der Waals surface area contributed by atoms with Gasteiger partial charge >= 0.3 is 0 Å². The molecule has 3 heteroatoms. The van der Waals surface area contributed by atoms with E-state index in [1.54, 1.807) is 24.5 Å². The average molecular weight is 307 g/mol. The Hall–Kier alpha value is -2.68. The quantitative estimate of drug-likeness (QED) is 0.670. The molecule has 3 aromatic rings. The van der Waals surface area contributed by atoms with Crippen molar-refractivity contribution < 1.29 is 9.13 Å². The molecule has 0 fully saturated rings. The van der Waals surface area contributed by atoms with Crippen molar-refractivity contribution in [1.29, 1.82) is 0 Å². The highest BCUT2D eigenvalue weighted by atomic mass is 19.1. The third-order valence-corrected chi connectivity index (χ3v) is 3.86. The first kappa shape index (κ1) is 15.2. The summed E-state index contributed by atoms with van der Waals surface area (Å²) in [7, 11) is 0. The Kier molecular flexibility index (Phi) is 4.38. The molecule has 3 rings (SSSR count). The molecule has 1 heterocycles. The fourth-order valence-electron chi connectivity index (χ4n) is 2.38. The number of halogens is 1. The van der Waals surface area contributed by atoms with Crippen molar-refractivity contribution in [2.24, 2.45) is 0 Å². The summed E-state index contributed by atoms with van der Waals surface area (Å²) in [6.45, 7) is 4.53. The molecule has 0 aliphatic rings. The number of nitrogens with zero attached hydrogens (tertiary/aromatic N) is 1. The monoisotopic (exact) mass is 307 g/mol. The van der Waals surface area contributed by atoms with Crippen molar-refractivity contribution in [2.45, 2.75) is 20.5 Å². The SMILES string of the molecule is Cc1ccc(OCc2cncc(-c3ccccc3F)c2)cc1C. The lowest BCUT2D eigenvalue weighted by molar-refractivity contribution is 0.305. The van der Waals surface area contributed by atoms with Crippen LogP contribution in [-0.4, -0.2) is 4.98 Å². The van der Waals surface area contributed by atoms with E-state index in [0.29, 0.717) is 12.2 Å². The minimum atomic E-state index is -0.249. The third-order valence-electron chi connectivity index (χ3n) is 3.86. The summed E-state index contributed by atoms with van der Waals surface area (Å²) in [6.07, 6.45) is 3.41. The second-order valence-corrected chi connectivity index (χ2v) is 5.60. The van der Waals surface area contributed by atoms with E-state index in [1.807, 2.05) is 30.3 Å². The van der Waals surface area contributed by atoms with Crippen molar-refractivity contribution in [2.75, 3.05) is 0 Å². The largest absolute Gasteiger partial charge is 0.489 e. The number of aromatic nitrogens is 1. The molecule has 0 atom stereocenters. The minimum Gasteiger partial charge on any atom is -0.489 e. The highest BCUT2D eigenvalue weighted by molar-refractivity contribution is 5.63. The normalized spacial score (nSPS) is 10.6. The molecule has 1 aromatic heterocycles. The van der Waals surface area contributed by atoms with Crippen LogP contribution >= 0.6 is 0 Å². The fraction of sp³-hybridized carbons (Fsp3) is 0.150. The molecule has 0 amide bonds. The van der Waals surface area contributed by atoms with Crippen LogP contribution < -0.4 is 4.74 Å². The Labute approximate surface area is 135 Å². The van der Waals surface area contributed by atoms with Gasteiger partial charge in [0.1, 0.15) is 18.2 Å². The molecule has 0 spiro atoms. The number of rotatable bonds is 4. The predicted octanol–water partition coefficient (Wildman–Crippen LogP) is 5.08. The molecule has 116 valence electrons. The van der Waals surface area contributed by atoms with Crippen molar-refractivity contribution in [3.63, 3.8) is 0 Å². The van der Waals surface area contributed by atoms with Gasteiger partial charge in [-0.2, -0.15) is 0 Å². The van der Waals surface area contributed by atoms with Gasteiger partial charge in [0.25, 0.3) is 0 Å². The van der Waals surface area contributed by atoms with Crippen LogP contribution in [0.4, 0.5) is 4.39 Å². The Morgan fingerprint density at radius 1 is 0.957 bits per heavy atom. The van der Waals surface area contributed by atoms with E-state index in [1.165, 1.54) is 17.2 Å². The Bertz CT molecular complexity index is 829. The smallest absolute Gasteiger partial charge is 0.131 e. The molecule has 23 heavy (non-hydrogen) atoms. The lowest BCUT2D eigenvalue weighted by Crippen LogP contribution is -1.97. The van der Waals surface area contributed by atoms with Gasteiger partial charge < -0.3 is 4.74 Å². The van der Waals surface area contributed by atoms with E-state index in [2.05, 4.69) is 18.8 Å². The first-order valence-electron chi connectivity index (χ1n) is 7.52. The molecule has 2 aromatic carbocycles. The molecule has 0 aliphatic carbocycles. The van der Waals surface area contributed by atoms with E-state index < -0.39 is 0 Å². The summed E-state index contributed by atoms with van der Waals surface area (Å²) in [5, 5.41) is 0. The van der Waals surface area contributed by atoms with Gasteiger partial charge in [-0.15, -0.1) is 0 Å². The summed E-state index contributed by atoms with van der Waals surface area (Å²) in [5.74, 6) is 0.575. The summed E-state index contributed by atoms with van der Waals surface area (Å²) >= 11 is 0. The van der Waals surface area contributed by atoms with Gasteiger partial charge in [-0.3, -0.25) is 4.98 Å². The molecule has 0 saturated carbocycles. The van der Waals surface area contributed by atoms with Gasteiger partial charge in [-0.1, -0.05) is 24.3 Å². The van der Waals surface area contributed by atoms with Crippen LogP contribution in [0, 0.1) is 19.7 Å². The minimum absolute atomic E-state index is 0.249. The molecular weight excluding hydrogens is 289 g/mol. The number of pyridine rings is 1. The van der Waals surface area contributed by atoms with Crippen LogP contribution in [0.1, 0.15) is 16.7 Å². The van der Waals surface area contributed by atoms with Gasteiger partial charge in [0, 0.05) is 29.1 Å². The maximum atomic E-state index is 13.9. The Morgan fingerprint density at radius 2 is 1.78 bits per heavy atom. The number of benzene rings is 2. The van der Waals surface area contributed by atoms with Gasteiger partial charge in [-0.05, 0) is 49.2 Å². The highest BCUT2D eigenvalue weighted by Crippen LogP contribution is 2.23. The first-order valence-corrected chi connectivity index (χ1v) is 7.52. The van der Waals surface area contributed by atoms with Crippen LogP contribution in [0.2, 0.25) is 0 Å². The molecular formula is C20H18FNO. The lowest BCUT2D eigenvalue weighted by atomic mass is 10.1. The maximum absolute atomic E-state index is 13.9. The van der Waals surface area contributed by atoms with Crippen LogP contribution in [0.5, 0.6) is 5.75 Å².